The average Bonchev–Trinajstić information content (AvgIpc) is 3.44. The Labute approximate surface area is 189 Å². The van der Waals surface area contributed by atoms with Gasteiger partial charge in [0, 0.05) is 35.3 Å². The van der Waals surface area contributed by atoms with Gasteiger partial charge in [0.25, 0.3) is 11.8 Å². The first-order valence-electron chi connectivity index (χ1n) is 9.65. The van der Waals surface area contributed by atoms with Gasteiger partial charge in [-0.15, -0.1) is 0 Å². The Morgan fingerprint density at radius 3 is 2.32 bits per heavy atom. The Morgan fingerprint density at radius 2 is 1.62 bits per heavy atom. The molecule has 2 aromatic carbocycles. The van der Waals surface area contributed by atoms with Crippen molar-refractivity contribution in [3.05, 3.63) is 66.1 Å². The summed E-state index contributed by atoms with van der Waals surface area (Å²) < 4.78 is 72.8. The molecule has 0 radical (unpaired) electrons. The monoisotopic (exact) mass is 490 g/mol. The number of benzene rings is 2. The summed E-state index contributed by atoms with van der Waals surface area (Å²) in [4.78, 5) is 25.6. The lowest BCUT2D eigenvalue weighted by Gasteiger charge is -2.11. The van der Waals surface area contributed by atoms with Gasteiger partial charge in [-0.25, -0.2) is 0 Å². The summed E-state index contributed by atoms with van der Waals surface area (Å²) in [5.74, 6) is -2.03. The number of carbonyl (C=O) groups is 2. The zero-order valence-electron chi connectivity index (χ0n) is 17.1. The van der Waals surface area contributed by atoms with E-state index in [1.807, 2.05) is 12.1 Å². The third-order valence-corrected chi connectivity index (χ3v) is 6.39. The van der Waals surface area contributed by atoms with Gasteiger partial charge in [0.15, 0.2) is 5.75 Å². The van der Waals surface area contributed by atoms with Gasteiger partial charge >= 0.3 is 15.6 Å². The van der Waals surface area contributed by atoms with Crippen molar-refractivity contribution in [2.45, 2.75) is 5.51 Å². The third kappa shape index (κ3) is 3.17. The van der Waals surface area contributed by atoms with E-state index in [1.54, 1.807) is 29.9 Å². The SMILES string of the molecule is Cn1cc(C2=C(c3ccc(OS(=O)(=O)C(F)(F)F)c4ccoc34)C(=O)NC2=O)c2ccccc21. The third-order valence-electron chi connectivity index (χ3n) is 5.43. The molecule has 8 nitrogen and oxygen atoms in total. The molecule has 0 aliphatic carbocycles. The van der Waals surface area contributed by atoms with E-state index in [0.717, 1.165) is 17.8 Å². The molecule has 5 rings (SSSR count). The van der Waals surface area contributed by atoms with Crippen molar-refractivity contribution in [3.63, 3.8) is 0 Å². The lowest BCUT2D eigenvalue weighted by Crippen LogP contribution is -2.28. The van der Waals surface area contributed by atoms with Crippen LogP contribution >= 0.6 is 0 Å². The highest BCUT2D eigenvalue weighted by Gasteiger charge is 2.49. The maximum absolute atomic E-state index is 12.8. The van der Waals surface area contributed by atoms with Crippen LogP contribution in [-0.4, -0.2) is 30.3 Å². The van der Waals surface area contributed by atoms with E-state index in [-0.39, 0.29) is 27.7 Å². The number of hydrogen-bond donors (Lipinski definition) is 1. The molecule has 0 fully saturated rings. The maximum atomic E-state index is 12.8. The predicted octanol–water partition coefficient (Wildman–Crippen LogP) is 3.72. The highest BCUT2D eigenvalue weighted by atomic mass is 32.2. The molecule has 4 aromatic rings. The van der Waals surface area contributed by atoms with E-state index in [4.69, 9.17) is 4.42 Å². The maximum Gasteiger partial charge on any atom is 0.534 e. The first kappa shape index (κ1) is 21.8. The van der Waals surface area contributed by atoms with Crippen molar-refractivity contribution < 1.29 is 39.8 Å². The fourth-order valence-corrected chi connectivity index (χ4v) is 4.46. The van der Waals surface area contributed by atoms with Crippen LogP contribution in [0.4, 0.5) is 13.2 Å². The van der Waals surface area contributed by atoms with Crippen LogP contribution in [0.1, 0.15) is 11.1 Å². The van der Waals surface area contributed by atoms with Crippen LogP contribution < -0.4 is 9.50 Å². The second-order valence-corrected chi connectivity index (χ2v) is 9.00. The number of nitrogens with one attached hydrogen (secondary N) is 1. The number of amides is 2. The summed E-state index contributed by atoms with van der Waals surface area (Å²) in [6.07, 6.45) is 2.79. The van der Waals surface area contributed by atoms with Crippen LogP contribution in [0.2, 0.25) is 0 Å². The number of aromatic nitrogens is 1. The number of fused-ring (bicyclic) bond motifs is 2. The number of hydrogen-bond acceptors (Lipinski definition) is 6. The van der Waals surface area contributed by atoms with E-state index >= 15 is 0 Å². The highest BCUT2D eigenvalue weighted by molar-refractivity contribution is 7.88. The molecule has 1 N–H and O–H groups in total. The predicted molar refractivity (Wildman–Crippen MR) is 115 cm³/mol. The molecule has 0 saturated carbocycles. The van der Waals surface area contributed by atoms with Gasteiger partial charge in [0.1, 0.15) is 5.58 Å². The smallest absolute Gasteiger partial charge is 0.464 e. The zero-order chi connectivity index (χ0) is 24.4. The van der Waals surface area contributed by atoms with Gasteiger partial charge in [-0.2, -0.15) is 21.6 Å². The summed E-state index contributed by atoms with van der Waals surface area (Å²) in [5.41, 5.74) is -4.40. The molecular formula is C22H13F3N2O6S. The van der Waals surface area contributed by atoms with E-state index in [9.17, 15) is 31.2 Å². The largest absolute Gasteiger partial charge is 0.534 e. The Kier molecular flexibility index (Phi) is 4.62. The van der Waals surface area contributed by atoms with Gasteiger partial charge < -0.3 is 13.2 Å². The molecule has 3 heterocycles. The van der Waals surface area contributed by atoms with Crippen LogP contribution in [0.5, 0.6) is 5.75 Å². The molecule has 34 heavy (non-hydrogen) atoms. The number of carbonyl (C=O) groups excluding carboxylic acids is 2. The molecule has 0 spiro atoms. The van der Waals surface area contributed by atoms with E-state index in [1.165, 1.54) is 12.1 Å². The molecule has 2 aromatic heterocycles. The Balaban J connectivity index is 1.74. The van der Waals surface area contributed by atoms with E-state index in [2.05, 4.69) is 9.50 Å². The molecule has 174 valence electrons. The topological polar surface area (TPSA) is 108 Å². The van der Waals surface area contributed by atoms with Gasteiger partial charge in [-0.05, 0) is 24.3 Å². The van der Waals surface area contributed by atoms with Crippen molar-refractivity contribution in [1.82, 2.24) is 9.88 Å². The number of nitrogens with zero attached hydrogens (tertiary/aromatic N) is 1. The van der Waals surface area contributed by atoms with Crippen LogP contribution in [0.3, 0.4) is 0 Å². The lowest BCUT2D eigenvalue weighted by molar-refractivity contribution is -0.122. The first-order valence-corrected chi connectivity index (χ1v) is 11.1. The second kappa shape index (κ2) is 7.22. The van der Waals surface area contributed by atoms with Crippen LogP contribution in [-0.2, 0) is 26.8 Å². The number of rotatable bonds is 4. The average molecular weight is 490 g/mol. The standard InChI is InChI=1S/C22H13F3N2O6S/c1-27-10-14(11-4-2-3-5-15(11)27)18-17(20(28)26-21(18)29)13-6-7-16(12-8-9-32-19(12)13)33-34(30,31)22(23,24)25/h2-10H,1H3,(H,26,28,29). The minimum absolute atomic E-state index is 0.0519. The van der Waals surface area contributed by atoms with Gasteiger partial charge in [-0.3, -0.25) is 14.9 Å². The Morgan fingerprint density at radius 1 is 0.941 bits per heavy atom. The second-order valence-electron chi connectivity index (χ2n) is 7.46. The van der Waals surface area contributed by atoms with Crippen molar-refractivity contribution in [2.24, 2.45) is 7.05 Å². The van der Waals surface area contributed by atoms with Gasteiger partial charge in [0.05, 0.1) is 22.8 Å². The number of furan rings is 1. The molecule has 2 amide bonds. The van der Waals surface area contributed by atoms with Gasteiger partial charge in [0.2, 0.25) is 0 Å². The van der Waals surface area contributed by atoms with E-state index in [0.29, 0.717) is 10.9 Å². The summed E-state index contributed by atoms with van der Waals surface area (Å²) >= 11 is 0. The lowest BCUT2D eigenvalue weighted by atomic mass is 9.95. The van der Waals surface area contributed by atoms with Crippen LogP contribution in [0.15, 0.2) is 59.3 Å². The van der Waals surface area contributed by atoms with Crippen molar-refractivity contribution in [3.8, 4) is 5.75 Å². The Bertz CT molecular complexity index is 1660. The summed E-state index contributed by atoms with van der Waals surface area (Å²) in [5, 5.41) is 2.82. The molecular weight excluding hydrogens is 477 g/mol. The minimum atomic E-state index is -5.94. The minimum Gasteiger partial charge on any atom is -0.464 e. The number of aryl methyl sites for hydroxylation is 1. The molecule has 0 bridgehead atoms. The van der Waals surface area contributed by atoms with E-state index < -0.39 is 33.2 Å². The van der Waals surface area contributed by atoms with Crippen molar-refractivity contribution >= 4 is 55.0 Å². The zero-order valence-corrected chi connectivity index (χ0v) is 18.0. The molecule has 1 aliphatic rings. The fraction of sp³-hybridized carbons (Fsp3) is 0.0909. The molecule has 0 unspecified atom stereocenters. The summed E-state index contributed by atoms with van der Waals surface area (Å²) in [6, 6.07) is 10.6. The molecule has 1 aliphatic heterocycles. The summed E-state index contributed by atoms with van der Waals surface area (Å²) in [7, 11) is -4.16. The quantitative estimate of drug-likeness (QED) is 0.266. The van der Waals surface area contributed by atoms with Crippen LogP contribution in [0.25, 0.3) is 33.0 Å². The number of alkyl halides is 3. The summed E-state index contributed by atoms with van der Waals surface area (Å²) in [6.45, 7) is 0. The molecule has 0 saturated heterocycles. The first-order chi connectivity index (χ1) is 16.0. The molecule has 12 heteroatoms. The number of para-hydroxylation sites is 1. The fourth-order valence-electron chi connectivity index (χ4n) is 3.98. The number of imide groups is 1. The van der Waals surface area contributed by atoms with Crippen molar-refractivity contribution in [1.29, 1.82) is 0 Å². The Hall–Kier alpha value is -4.06. The van der Waals surface area contributed by atoms with Crippen LogP contribution in [0, 0.1) is 0 Å². The highest BCUT2D eigenvalue weighted by Crippen LogP contribution is 2.41. The normalized spacial score (nSPS) is 14.9. The molecule has 0 atom stereocenters. The number of halogens is 3. The van der Waals surface area contributed by atoms with Gasteiger partial charge in [-0.1, -0.05) is 18.2 Å². The van der Waals surface area contributed by atoms with Crippen molar-refractivity contribution in [2.75, 3.05) is 0 Å².